The highest BCUT2D eigenvalue weighted by molar-refractivity contribution is 9.09. The lowest BCUT2D eigenvalue weighted by molar-refractivity contribution is 0.320. The van der Waals surface area contributed by atoms with Crippen LogP contribution in [0.2, 0.25) is 0 Å². The fraction of sp³-hybridized carbons (Fsp3) is 0.250. The fourth-order valence-corrected chi connectivity index (χ4v) is 1.06. The quantitative estimate of drug-likeness (QED) is 0.398. The van der Waals surface area contributed by atoms with E-state index in [-0.39, 0.29) is 5.17 Å². The summed E-state index contributed by atoms with van der Waals surface area (Å²) in [5.74, 6) is 0.510. The Kier molecular flexibility index (Phi) is 4.69. The van der Waals surface area contributed by atoms with Gasteiger partial charge in [0.05, 0.1) is 6.61 Å². The molecule has 0 aliphatic rings. The van der Waals surface area contributed by atoms with Crippen molar-refractivity contribution in [1.29, 1.82) is 0 Å². The molecule has 1 heterocycles. The number of pyridine rings is 1. The zero-order valence-corrected chi connectivity index (χ0v) is 9.49. The van der Waals surface area contributed by atoms with Crippen LogP contribution in [0, 0.1) is 0 Å². The van der Waals surface area contributed by atoms with E-state index in [1.165, 1.54) is 6.20 Å². The molecule has 1 aromatic heterocycles. The summed E-state index contributed by atoms with van der Waals surface area (Å²) in [5.41, 5.74) is 0.542. The lowest BCUT2D eigenvalue weighted by atomic mass is 10.3. The van der Waals surface area contributed by atoms with Crippen molar-refractivity contribution in [3.05, 3.63) is 23.9 Å². The van der Waals surface area contributed by atoms with Gasteiger partial charge >= 0.3 is 0 Å². The molecule has 0 spiro atoms. The molecule has 0 amide bonds. The summed E-state index contributed by atoms with van der Waals surface area (Å²) in [7, 11) is 0. The maximum atomic E-state index is 8.39. The van der Waals surface area contributed by atoms with Gasteiger partial charge in [0.1, 0.15) is 0 Å². The van der Waals surface area contributed by atoms with E-state index in [4.69, 9.17) is 21.5 Å². The number of alkyl halides is 1. The average Bonchev–Trinajstić information content (AvgIpc) is 2.26. The molecule has 1 aromatic rings. The van der Waals surface area contributed by atoms with Crippen LogP contribution >= 0.6 is 27.5 Å². The largest absolute Gasteiger partial charge is 0.477 e. The first-order valence-electron chi connectivity index (χ1n) is 3.80. The molecule has 0 saturated heterocycles. The SMILES string of the molecule is O/N=C(\Cl)c1ccc(OCCBr)nc1. The third-order valence-electron chi connectivity index (χ3n) is 1.39. The van der Waals surface area contributed by atoms with Crippen LogP contribution in [0.15, 0.2) is 23.5 Å². The highest BCUT2D eigenvalue weighted by atomic mass is 79.9. The standard InChI is InChI=1S/C8H8BrClN2O2/c9-3-4-14-7-2-1-6(5-11-7)8(10)12-13/h1-2,5,13H,3-4H2/b12-8-. The Hall–Kier alpha value is -0.810. The van der Waals surface area contributed by atoms with E-state index in [9.17, 15) is 0 Å². The molecule has 0 saturated carbocycles. The van der Waals surface area contributed by atoms with Gasteiger partial charge in [-0.25, -0.2) is 4.98 Å². The Morgan fingerprint density at radius 2 is 2.43 bits per heavy atom. The molecule has 0 aliphatic heterocycles. The van der Waals surface area contributed by atoms with Crippen molar-refractivity contribution in [2.75, 3.05) is 11.9 Å². The van der Waals surface area contributed by atoms with Crippen molar-refractivity contribution in [2.45, 2.75) is 0 Å². The molecule has 6 heteroatoms. The highest BCUT2D eigenvalue weighted by Crippen LogP contribution is 2.10. The second-order valence-electron chi connectivity index (χ2n) is 2.31. The Labute approximate surface area is 94.7 Å². The molecule has 0 fully saturated rings. The molecule has 76 valence electrons. The van der Waals surface area contributed by atoms with Gasteiger partial charge in [0.15, 0.2) is 5.17 Å². The second-order valence-corrected chi connectivity index (χ2v) is 3.46. The Balaban J connectivity index is 2.68. The molecule has 1 rings (SSSR count). The molecule has 4 nitrogen and oxygen atoms in total. The van der Waals surface area contributed by atoms with Crippen LogP contribution in [0.1, 0.15) is 5.56 Å². The molecular weight excluding hydrogens is 271 g/mol. The van der Waals surface area contributed by atoms with E-state index in [1.807, 2.05) is 0 Å². The topological polar surface area (TPSA) is 54.7 Å². The third kappa shape index (κ3) is 3.16. The van der Waals surface area contributed by atoms with Crippen LogP contribution in [0.4, 0.5) is 0 Å². The lowest BCUT2D eigenvalue weighted by Crippen LogP contribution is -2.00. The van der Waals surface area contributed by atoms with Gasteiger partial charge in [-0.2, -0.15) is 0 Å². The Morgan fingerprint density at radius 1 is 1.64 bits per heavy atom. The predicted molar refractivity (Wildman–Crippen MR) is 57.7 cm³/mol. The van der Waals surface area contributed by atoms with Gasteiger partial charge in [-0.15, -0.1) is 0 Å². The summed E-state index contributed by atoms with van der Waals surface area (Å²) in [6.45, 7) is 0.550. The smallest absolute Gasteiger partial charge is 0.213 e. The van der Waals surface area contributed by atoms with Gasteiger partial charge in [-0.1, -0.05) is 32.7 Å². The lowest BCUT2D eigenvalue weighted by Gasteiger charge is -2.02. The molecule has 14 heavy (non-hydrogen) atoms. The first-order valence-corrected chi connectivity index (χ1v) is 5.30. The van der Waals surface area contributed by atoms with Gasteiger partial charge < -0.3 is 9.94 Å². The van der Waals surface area contributed by atoms with Crippen LogP contribution in [-0.4, -0.2) is 27.3 Å². The molecule has 0 atom stereocenters. The zero-order chi connectivity index (χ0) is 10.4. The van der Waals surface area contributed by atoms with E-state index < -0.39 is 0 Å². The van der Waals surface area contributed by atoms with E-state index >= 15 is 0 Å². The summed E-state index contributed by atoms with van der Waals surface area (Å²) in [6, 6.07) is 3.32. The Bertz CT molecular complexity index is 316. The molecule has 0 aromatic carbocycles. The van der Waals surface area contributed by atoms with Gasteiger partial charge in [0.2, 0.25) is 5.88 Å². The number of nitrogens with zero attached hydrogens (tertiary/aromatic N) is 2. The molecule has 0 bridgehead atoms. The van der Waals surface area contributed by atoms with Crippen LogP contribution in [0.5, 0.6) is 5.88 Å². The number of hydrogen-bond acceptors (Lipinski definition) is 4. The monoisotopic (exact) mass is 278 g/mol. The van der Waals surface area contributed by atoms with Crippen LogP contribution < -0.4 is 4.74 Å². The summed E-state index contributed by atoms with van der Waals surface area (Å²) < 4.78 is 5.22. The van der Waals surface area contributed by atoms with Crippen LogP contribution in [-0.2, 0) is 0 Å². The minimum atomic E-state index is 0.00421. The summed E-state index contributed by atoms with van der Waals surface area (Å²) in [6.07, 6.45) is 1.48. The van der Waals surface area contributed by atoms with Crippen molar-refractivity contribution in [1.82, 2.24) is 4.98 Å². The molecule has 1 N–H and O–H groups in total. The van der Waals surface area contributed by atoms with Gasteiger partial charge in [-0.3, -0.25) is 0 Å². The van der Waals surface area contributed by atoms with Crippen molar-refractivity contribution in [2.24, 2.45) is 5.16 Å². The van der Waals surface area contributed by atoms with Gasteiger partial charge in [0.25, 0.3) is 0 Å². The fourth-order valence-electron chi connectivity index (χ4n) is 0.789. The van der Waals surface area contributed by atoms with Crippen molar-refractivity contribution in [3.63, 3.8) is 0 Å². The molecular formula is C8H8BrClN2O2. The minimum Gasteiger partial charge on any atom is -0.477 e. The minimum absolute atomic E-state index is 0.00421. The number of ether oxygens (including phenoxy) is 1. The maximum Gasteiger partial charge on any atom is 0.213 e. The number of hydrogen-bond donors (Lipinski definition) is 1. The number of oxime groups is 1. The second kappa shape index (κ2) is 5.82. The average molecular weight is 280 g/mol. The van der Waals surface area contributed by atoms with E-state index in [2.05, 4.69) is 26.1 Å². The zero-order valence-electron chi connectivity index (χ0n) is 7.15. The number of halogens is 2. The maximum absolute atomic E-state index is 8.39. The summed E-state index contributed by atoms with van der Waals surface area (Å²) >= 11 is 8.79. The number of rotatable bonds is 4. The van der Waals surface area contributed by atoms with Gasteiger partial charge in [0, 0.05) is 23.2 Å². The summed E-state index contributed by atoms with van der Waals surface area (Å²) in [4.78, 5) is 3.97. The van der Waals surface area contributed by atoms with Crippen molar-refractivity contribution < 1.29 is 9.94 Å². The predicted octanol–water partition coefficient (Wildman–Crippen LogP) is 2.23. The van der Waals surface area contributed by atoms with E-state index in [0.717, 1.165) is 5.33 Å². The number of aromatic nitrogens is 1. The normalized spacial score (nSPS) is 11.4. The molecule has 0 aliphatic carbocycles. The van der Waals surface area contributed by atoms with Gasteiger partial charge in [-0.05, 0) is 6.07 Å². The first kappa shape index (κ1) is 11.3. The van der Waals surface area contributed by atoms with Crippen LogP contribution in [0.25, 0.3) is 0 Å². The first-order chi connectivity index (χ1) is 6.77. The molecule has 0 radical (unpaired) electrons. The highest BCUT2D eigenvalue weighted by Gasteiger charge is 2.01. The molecule has 0 unspecified atom stereocenters. The van der Waals surface area contributed by atoms with Crippen molar-refractivity contribution >= 4 is 32.7 Å². The summed E-state index contributed by atoms with van der Waals surface area (Å²) in [5, 5.41) is 12.0. The van der Waals surface area contributed by atoms with E-state index in [1.54, 1.807) is 12.1 Å². The third-order valence-corrected chi connectivity index (χ3v) is 2.01. The van der Waals surface area contributed by atoms with Crippen molar-refractivity contribution in [3.8, 4) is 5.88 Å². The van der Waals surface area contributed by atoms with E-state index in [0.29, 0.717) is 18.1 Å². The van der Waals surface area contributed by atoms with Crippen LogP contribution in [0.3, 0.4) is 0 Å². The Morgan fingerprint density at radius 3 is 2.93 bits per heavy atom.